The van der Waals surface area contributed by atoms with Crippen molar-refractivity contribution < 1.29 is 9.21 Å². The lowest BCUT2D eigenvalue weighted by Gasteiger charge is -2.07. The minimum atomic E-state index is -0.133. The van der Waals surface area contributed by atoms with Gasteiger partial charge in [-0.15, -0.1) is 0 Å². The lowest BCUT2D eigenvalue weighted by atomic mass is 10.1. The molecule has 0 saturated heterocycles. The highest BCUT2D eigenvalue weighted by molar-refractivity contribution is 6.04. The fraction of sp³-hybridized carbons (Fsp3) is 0.312. The van der Waals surface area contributed by atoms with Crippen molar-refractivity contribution in [3.63, 3.8) is 0 Å². The van der Waals surface area contributed by atoms with Crippen molar-refractivity contribution >= 4 is 11.6 Å². The Kier molecular flexibility index (Phi) is 4.96. The Morgan fingerprint density at radius 1 is 1.35 bits per heavy atom. The maximum Gasteiger partial charge on any atom is 0.259 e. The third-order valence-electron chi connectivity index (χ3n) is 3.17. The first-order chi connectivity index (χ1) is 9.74. The number of nitrogens with one attached hydrogen (secondary N) is 1. The average Bonchev–Trinajstić information content (AvgIpc) is 2.94. The standard InChI is InChI=1S/C16H20N2O2/c1-2-15-14(8-10-20-15)16(19)18-13-7-3-5-12(11-13)6-4-9-17/h3,5,7-8,10-11H,2,4,6,9,17H2,1H3,(H,18,19). The summed E-state index contributed by atoms with van der Waals surface area (Å²) in [4.78, 5) is 12.2. The Morgan fingerprint density at radius 2 is 2.20 bits per heavy atom. The van der Waals surface area contributed by atoms with Gasteiger partial charge in [0.15, 0.2) is 0 Å². The highest BCUT2D eigenvalue weighted by Gasteiger charge is 2.13. The summed E-state index contributed by atoms with van der Waals surface area (Å²) in [6.07, 6.45) is 4.11. The van der Waals surface area contributed by atoms with E-state index in [1.54, 1.807) is 12.3 Å². The lowest BCUT2D eigenvalue weighted by Crippen LogP contribution is -2.13. The number of nitrogens with two attached hydrogens (primary N) is 1. The molecule has 1 aromatic carbocycles. The molecule has 0 bridgehead atoms. The van der Waals surface area contributed by atoms with Crippen molar-refractivity contribution in [1.29, 1.82) is 0 Å². The molecule has 2 aromatic rings. The molecular formula is C16H20N2O2. The molecular weight excluding hydrogens is 252 g/mol. The molecule has 0 radical (unpaired) electrons. The van der Waals surface area contributed by atoms with Crippen LogP contribution in [-0.4, -0.2) is 12.5 Å². The Balaban J connectivity index is 2.08. The third kappa shape index (κ3) is 3.48. The molecule has 106 valence electrons. The molecule has 20 heavy (non-hydrogen) atoms. The number of carbonyl (C=O) groups is 1. The van der Waals surface area contributed by atoms with Gasteiger partial charge in [-0.1, -0.05) is 19.1 Å². The van der Waals surface area contributed by atoms with Gasteiger partial charge in [0.1, 0.15) is 5.76 Å². The van der Waals surface area contributed by atoms with Gasteiger partial charge in [-0.2, -0.15) is 0 Å². The summed E-state index contributed by atoms with van der Waals surface area (Å²) in [7, 11) is 0. The zero-order chi connectivity index (χ0) is 14.4. The molecule has 0 aliphatic carbocycles. The summed E-state index contributed by atoms with van der Waals surface area (Å²) in [6.45, 7) is 2.63. The van der Waals surface area contributed by atoms with Gasteiger partial charge in [0.05, 0.1) is 11.8 Å². The second-order valence-electron chi connectivity index (χ2n) is 4.66. The molecule has 0 saturated carbocycles. The van der Waals surface area contributed by atoms with Gasteiger partial charge in [-0.05, 0) is 43.1 Å². The normalized spacial score (nSPS) is 10.5. The summed E-state index contributed by atoms with van der Waals surface area (Å²) in [6, 6.07) is 9.56. The molecule has 0 aliphatic rings. The molecule has 0 atom stereocenters. The number of anilines is 1. The first-order valence-electron chi connectivity index (χ1n) is 6.91. The Labute approximate surface area is 119 Å². The van der Waals surface area contributed by atoms with Gasteiger partial charge < -0.3 is 15.5 Å². The summed E-state index contributed by atoms with van der Waals surface area (Å²) >= 11 is 0. The van der Waals surface area contributed by atoms with Crippen LogP contribution in [0.3, 0.4) is 0 Å². The molecule has 1 heterocycles. The fourth-order valence-electron chi connectivity index (χ4n) is 2.13. The fourth-order valence-corrected chi connectivity index (χ4v) is 2.13. The topological polar surface area (TPSA) is 68.3 Å². The predicted molar refractivity (Wildman–Crippen MR) is 79.9 cm³/mol. The van der Waals surface area contributed by atoms with Crippen molar-refractivity contribution in [1.82, 2.24) is 0 Å². The molecule has 4 heteroatoms. The van der Waals surface area contributed by atoms with Crippen molar-refractivity contribution in [2.45, 2.75) is 26.2 Å². The van der Waals surface area contributed by atoms with Crippen molar-refractivity contribution in [2.24, 2.45) is 5.73 Å². The number of furan rings is 1. The van der Waals surface area contributed by atoms with E-state index in [9.17, 15) is 4.79 Å². The molecule has 0 aliphatic heterocycles. The average molecular weight is 272 g/mol. The van der Waals surface area contributed by atoms with Gasteiger partial charge in [-0.3, -0.25) is 4.79 Å². The van der Waals surface area contributed by atoms with Crippen LogP contribution in [0.4, 0.5) is 5.69 Å². The number of benzene rings is 1. The number of amides is 1. The predicted octanol–water partition coefficient (Wildman–Crippen LogP) is 2.99. The van der Waals surface area contributed by atoms with E-state index in [1.165, 1.54) is 5.56 Å². The van der Waals surface area contributed by atoms with Crippen LogP contribution in [0, 0.1) is 0 Å². The summed E-state index contributed by atoms with van der Waals surface area (Å²) < 4.78 is 5.27. The first kappa shape index (κ1) is 14.3. The molecule has 1 amide bonds. The summed E-state index contributed by atoms with van der Waals surface area (Å²) in [5, 5.41) is 2.91. The lowest BCUT2D eigenvalue weighted by molar-refractivity contribution is 0.102. The first-order valence-corrected chi connectivity index (χ1v) is 6.91. The highest BCUT2D eigenvalue weighted by Crippen LogP contribution is 2.16. The van der Waals surface area contributed by atoms with Gasteiger partial charge in [0.2, 0.25) is 0 Å². The summed E-state index contributed by atoms with van der Waals surface area (Å²) in [5.41, 5.74) is 8.08. The van der Waals surface area contributed by atoms with E-state index in [4.69, 9.17) is 10.2 Å². The number of hydrogen-bond acceptors (Lipinski definition) is 3. The minimum Gasteiger partial charge on any atom is -0.469 e. The van der Waals surface area contributed by atoms with Crippen molar-refractivity contribution in [2.75, 3.05) is 11.9 Å². The maximum absolute atomic E-state index is 12.2. The van der Waals surface area contributed by atoms with Gasteiger partial charge in [0.25, 0.3) is 5.91 Å². The second kappa shape index (κ2) is 6.91. The van der Waals surface area contributed by atoms with Gasteiger partial charge >= 0.3 is 0 Å². The van der Waals surface area contributed by atoms with E-state index in [-0.39, 0.29) is 5.91 Å². The van der Waals surface area contributed by atoms with Crippen molar-refractivity contribution in [3.05, 3.63) is 53.5 Å². The third-order valence-corrected chi connectivity index (χ3v) is 3.17. The molecule has 0 spiro atoms. The van der Waals surface area contributed by atoms with Gasteiger partial charge in [-0.25, -0.2) is 0 Å². The summed E-state index contributed by atoms with van der Waals surface area (Å²) in [5.74, 6) is 0.577. The zero-order valence-electron chi connectivity index (χ0n) is 11.7. The monoisotopic (exact) mass is 272 g/mol. The van der Waals surface area contributed by atoms with Crippen LogP contribution in [0.15, 0.2) is 41.0 Å². The number of rotatable bonds is 6. The Hall–Kier alpha value is -2.07. The van der Waals surface area contributed by atoms with Crippen LogP contribution >= 0.6 is 0 Å². The Bertz CT molecular complexity index is 575. The minimum absolute atomic E-state index is 0.133. The smallest absolute Gasteiger partial charge is 0.259 e. The van der Waals surface area contributed by atoms with Crippen LogP contribution in [0.5, 0.6) is 0 Å². The highest BCUT2D eigenvalue weighted by atomic mass is 16.3. The SMILES string of the molecule is CCc1occc1C(=O)Nc1cccc(CCCN)c1. The molecule has 3 N–H and O–H groups in total. The van der Waals surface area contributed by atoms with Crippen molar-refractivity contribution in [3.8, 4) is 0 Å². The van der Waals surface area contributed by atoms with Crippen LogP contribution < -0.4 is 11.1 Å². The number of hydrogen-bond donors (Lipinski definition) is 2. The van der Waals surface area contributed by atoms with E-state index in [1.807, 2.05) is 31.2 Å². The quantitative estimate of drug-likeness (QED) is 0.849. The molecule has 0 fully saturated rings. The number of carbonyl (C=O) groups excluding carboxylic acids is 1. The van der Waals surface area contributed by atoms with Crippen LogP contribution in [-0.2, 0) is 12.8 Å². The number of aryl methyl sites for hydroxylation is 2. The van der Waals surface area contributed by atoms with E-state index in [0.717, 1.165) is 18.5 Å². The Morgan fingerprint density at radius 3 is 2.95 bits per heavy atom. The molecule has 0 unspecified atom stereocenters. The van der Waals surface area contributed by atoms with Crippen LogP contribution in [0.25, 0.3) is 0 Å². The molecule has 4 nitrogen and oxygen atoms in total. The van der Waals surface area contributed by atoms with E-state index in [0.29, 0.717) is 24.3 Å². The van der Waals surface area contributed by atoms with Gasteiger partial charge in [0, 0.05) is 12.1 Å². The zero-order valence-corrected chi connectivity index (χ0v) is 11.7. The van der Waals surface area contributed by atoms with E-state index in [2.05, 4.69) is 5.32 Å². The second-order valence-corrected chi connectivity index (χ2v) is 4.66. The maximum atomic E-state index is 12.2. The van der Waals surface area contributed by atoms with E-state index >= 15 is 0 Å². The molecule has 2 rings (SSSR count). The van der Waals surface area contributed by atoms with Crippen LogP contribution in [0.2, 0.25) is 0 Å². The van der Waals surface area contributed by atoms with E-state index < -0.39 is 0 Å². The molecule has 1 aromatic heterocycles. The van der Waals surface area contributed by atoms with Crippen LogP contribution in [0.1, 0.15) is 35.0 Å². The largest absolute Gasteiger partial charge is 0.469 e.